The van der Waals surface area contributed by atoms with E-state index in [2.05, 4.69) is 10.4 Å². The van der Waals surface area contributed by atoms with E-state index < -0.39 is 0 Å². The van der Waals surface area contributed by atoms with Crippen LogP contribution in [0.25, 0.3) is 10.9 Å². The lowest BCUT2D eigenvalue weighted by Crippen LogP contribution is -2.28. The number of benzene rings is 1. The molecule has 4 nitrogen and oxygen atoms in total. The highest BCUT2D eigenvalue weighted by atomic mass is 35.5. The third-order valence-electron chi connectivity index (χ3n) is 3.08. The Balaban J connectivity index is 2.09. The highest BCUT2D eigenvalue weighted by molar-refractivity contribution is 6.29. The fourth-order valence-electron chi connectivity index (χ4n) is 2.15. The molecule has 3 N–H and O–H groups in total. The van der Waals surface area contributed by atoms with Gasteiger partial charge in [-0.3, -0.25) is 10.8 Å². The van der Waals surface area contributed by atoms with Crippen LogP contribution in [0.1, 0.15) is 17.2 Å². The fourth-order valence-corrected chi connectivity index (χ4v) is 2.37. The number of hydrogen-bond donors (Lipinski definition) is 2. The second kappa shape index (κ2) is 5.01. The van der Waals surface area contributed by atoms with E-state index in [4.69, 9.17) is 21.9 Å². The number of furan rings is 1. The van der Waals surface area contributed by atoms with Crippen molar-refractivity contribution in [3.63, 3.8) is 0 Å². The van der Waals surface area contributed by atoms with Crippen molar-refractivity contribution in [1.82, 2.24) is 10.4 Å². The molecule has 0 spiro atoms. The number of aromatic nitrogens is 1. The first-order chi connectivity index (χ1) is 9.29. The Kier molecular flexibility index (Phi) is 3.21. The molecular weight excluding hydrogens is 262 g/mol. The minimum atomic E-state index is -0.212. The molecule has 1 aromatic carbocycles. The van der Waals surface area contributed by atoms with Crippen LogP contribution >= 0.6 is 11.6 Å². The smallest absolute Gasteiger partial charge is 0.198 e. The van der Waals surface area contributed by atoms with Crippen molar-refractivity contribution in [1.29, 1.82) is 0 Å². The molecule has 3 rings (SSSR count). The molecule has 0 fully saturated rings. The Morgan fingerprint density at radius 2 is 2.16 bits per heavy atom. The summed E-state index contributed by atoms with van der Waals surface area (Å²) in [6, 6.07) is 11.5. The summed E-state index contributed by atoms with van der Waals surface area (Å²) in [4.78, 5) is 4.29. The maximum absolute atomic E-state index is 6.01. The lowest BCUT2D eigenvalue weighted by atomic mass is 10.00. The molecule has 0 aliphatic carbocycles. The Labute approximate surface area is 115 Å². The molecule has 2 heterocycles. The van der Waals surface area contributed by atoms with Crippen molar-refractivity contribution in [2.24, 2.45) is 5.84 Å². The standard InChI is InChI=1S/C14H12ClN3O/c15-14-11(5-7-19-14)13(18-16)10-3-4-12-9(8-10)2-1-6-17-12/h1-8,13,18H,16H2. The Hall–Kier alpha value is -1.88. The van der Waals surface area contributed by atoms with E-state index in [0.717, 1.165) is 22.0 Å². The van der Waals surface area contributed by atoms with Gasteiger partial charge in [-0.1, -0.05) is 12.1 Å². The summed E-state index contributed by atoms with van der Waals surface area (Å²) in [7, 11) is 0. The van der Waals surface area contributed by atoms with E-state index >= 15 is 0 Å². The van der Waals surface area contributed by atoms with Crippen molar-refractivity contribution in [3.8, 4) is 0 Å². The monoisotopic (exact) mass is 273 g/mol. The number of halogens is 1. The van der Waals surface area contributed by atoms with E-state index in [1.165, 1.54) is 0 Å². The molecule has 0 bridgehead atoms. The van der Waals surface area contributed by atoms with E-state index in [9.17, 15) is 0 Å². The van der Waals surface area contributed by atoms with Gasteiger partial charge in [-0.25, -0.2) is 5.43 Å². The molecule has 0 radical (unpaired) electrons. The van der Waals surface area contributed by atoms with Crippen molar-refractivity contribution >= 4 is 22.5 Å². The molecule has 96 valence electrons. The quantitative estimate of drug-likeness (QED) is 0.569. The molecule has 2 aromatic heterocycles. The van der Waals surface area contributed by atoms with Gasteiger partial charge in [0.2, 0.25) is 0 Å². The van der Waals surface area contributed by atoms with E-state index in [0.29, 0.717) is 5.22 Å². The lowest BCUT2D eigenvalue weighted by Gasteiger charge is -2.15. The van der Waals surface area contributed by atoms with Crippen LogP contribution in [0.3, 0.4) is 0 Å². The van der Waals surface area contributed by atoms with Gasteiger partial charge >= 0.3 is 0 Å². The molecule has 1 atom stereocenters. The van der Waals surface area contributed by atoms with Gasteiger partial charge in [0.1, 0.15) is 0 Å². The first-order valence-corrected chi connectivity index (χ1v) is 6.21. The van der Waals surface area contributed by atoms with Crippen molar-refractivity contribution in [3.05, 3.63) is 65.2 Å². The number of fused-ring (bicyclic) bond motifs is 1. The summed E-state index contributed by atoms with van der Waals surface area (Å²) < 4.78 is 5.11. The molecule has 3 aromatic rings. The third-order valence-corrected chi connectivity index (χ3v) is 3.39. The highest BCUT2D eigenvalue weighted by Crippen LogP contribution is 2.29. The summed E-state index contributed by atoms with van der Waals surface area (Å²) in [6.07, 6.45) is 3.32. The zero-order valence-electron chi connectivity index (χ0n) is 10.0. The van der Waals surface area contributed by atoms with Crippen LogP contribution in [0.5, 0.6) is 0 Å². The number of nitrogens with zero attached hydrogens (tertiary/aromatic N) is 1. The zero-order chi connectivity index (χ0) is 13.2. The molecule has 0 aliphatic heterocycles. The SMILES string of the molecule is NNC(c1ccc2ncccc2c1)c1ccoc1Cl. The first-order valence-electron chi connectivity index (χ1n) is 5.83. The minimum absolute atomic E-state index is 0.212. The van der Waals surface area contributed by atoms with Crippen molar-refractivity contribution in [2.75, 3.05) is 0 Å². The Morgan fingerprint density at radius 1 is 1.26 bits per heavy atom. The molecule has 0 aliphatic rings. The van der Waals surface area contributed by atoms with Crippen LogP contribution in [0.4, 0.5) is 0 Å². The van der Waals surface area contributed by atoms with Gasteiger partial charge in [0.25, 0.3) is 0 Å². The first kappa shape index (κ1) is 12.2. The molecular formula is C14H12ClN3O. The number of hydrogen-bond acceptors (Lipinski definition) is 4. The highest BCUT2D eigenvalue weighted by Gasteiger charge is 2.18. The van der Waals surface area contributed by atoms with E-state index in [1.54, 1.807) is 18.5 Å². The van der Waals surface area contributed by atoms with Crippen LogP contribution in [0, 0.1) is 0 Å². The van der Waals surface area contributed by atoms with Crippen LogP contribution in [-0.2, 0) is 0 Å². The van der Waals surface area contributed by atoms with Gasteiger partial charge in [-0.05, 0) is 41.4 Å². The second-order valence-corrected chi connectivity index (χ2v) is 4.55. The fraction of sp³-hybridized carbons (Fsp3) is 0.0714. The van der Waals surface area contributed by atoms with E-state index in [-0.39, 0.29) is 6.04 Å². The largest absolute Gasteiger partial charge is 0.453 e. The van der Waals surface area contributed by atoms with Gasteiger partial charge in [-0.2, -0.15) is 0 Å². The van der Waals surface area contributed by atoms with Crippen LogP contribution in [0.2, 0.25) is 5.22 Å². The predicted molar refractivity (Wildman–Crippen MR) is 74.6 cm³/mol. The molecule has 0 saturated carbocycles. The zero-order valence-corrected chi connectivity index (χ0v) is 10.8. The van der Waals surface area contributed by atoms with Gasteiger partial charge in [0, 0.05) is 17.1 Å². The summed E-state index contributed by atoms with van der Waals surface area (Å²) in [5.74, 6) is 5.64. The van der Waals surface area contributed by atoms with Gasteiger partial charge in [0.05, 0.1) is 17.8 Å². The van der Waals surface area contributed by atoms with Gasteiger partial charge in [0.15, 0.2) is 5.22 Å². The molecule has 1 unspecified atom stereocenters. The number of rotatable bonds is 3. The summed E-state index contributed by atoms with van der Waals surface area (Å²) in [6.45, 7) is 0. The summed E-state index contributed by atoms with van der Waals surface area (Å²) >= 11 is 6.01. The molecule has 19 heavy (non-hydrogen) atoms. The average molecular weight is 274 g/mol. The molecule has 0 saturated heterocycles. The maximum atomic E-state index is 6.01. The number of hydrazine groups is 1. The molecule has 5 heteroatoms. The predicted octanol–water partition coefficient (Wildman–Crippen LogP) is 3.03. The van der Waals surface area contributed by atoms with Crippen LogP contribution in [-0.4, -0.2) is 4.98 Å². The second-order valence-electron chi connectivity index (χ2n) is 4.20. The summed E-state index contributed by atoms with van der Waals surface area (Å²) in [5, 5.41) is 1.40. The number of pyridine rings is 1. The normalized spacial score (nSPS) is 12.7. The Bertz CT molecular complexity index is 710. The number of nitrogens with one attached hydrogen (secondary N) is 1. The Morgan fingerprint density at radius 3 is 2.89 bits per heavy atom. The van der Waals surface area contributed by atoms with Crippen LogP contribution < -0.4 is 11.3 Å². The van der Waals surface area contributed by atoms with Gasteiger partial charge in [-0.15, -0.1) is 0 Å². The summed E-state index contributed by atoms with van der Waals surface area (Å²) in [5.41, 5.74) is 5.52. The third kappa shape index (κ3) is 2.21. The maximum Gasteiger partial charge on any atom is 0.198 e. The van der Waals surface area contributed by atoms with Crippen LogP contribution in [0.15, 0.2) is 53.3 Å². The average Bonchev–Trinajstić information content (AvgIpc) is 2.86. The van der Waals surface area contributed by atoms with E-state index in [1.807, 2.05) is 30.3 Å². The minimum Gasteiger partial charge on any atom is -0.453 e. The topological polar surface area (TPSA) is 64.1 Å². The number of nitrogens with two attached hydrogens (primary N) is 1. The van der Waals surface area contributed by atoms with Crippen molar-refractivity contribution in [2.45, 2.75) is 6.04 Å². The molecule has 0 amide bonds. The van der Waals surface area contributed by atoms with Gasteiger partial charge < -0.3 is 4.42 Å². The lowest BCUT2D eigenvalue weighted by molar-refractivity contribution is 0.555. The van der Waals surface area contributed by atoms with Crippen molar-refractivity contribution < 1.29 is 4.42 Å².